The fraction of sp³-hybridized carbons (Fsp3) is 0.154. The summed E-state index contributed by atoms with van der Waals surface area (Å²) in [6, 6.07) is 22.2. The SMILES string of the molecule is C=CCOc1ccc(C2=CC3c4cc(Br)ccc4OC(c4ccc(OC)cc4)N3N2)cc1. The van der Waals surface area contributed by atoms with Crippen LogP contribution in [0.3, 0.4) is 0 Å². The second-order valence-electron chi connectivity index (χ2n) is 7.59. The summed E-state index contributed by atoms with van der Waals surface area (Å²) in [5.41, 5.74) is 7.83. The number of fused-ring (bicyclic) bond motifs is 3. The van der Waals surface area contributed by atoms with Crippen LogP contribution < -0.4 is 19.6 Å². The average Bonchev–Trinajstić information content (AvgIpc) is 3.28. The summed E-state index contributed by atoms with van der Waals surface area (Å²) in [5.74, 6) is 2.51. The Morgan fingerprint density at radius 1 is 1.06 bits per heavy atom. The molecule has 0 amide bonds. The molecule has 0 radical (unpaired) electrons. The summed E-state index contributed by atoms with van der Waals surface area (Å²) in [5, 5.41) is 2.15. The van der Waals surface area contributed by atoms with Crippen molar-refractivity contribution < 1.29 is 14.2 Å². The standard InChI is InChI=1S/C26H23BrN2O3/c1-3-14-31-21-11-4-17(5-12-21)23-16-24-22-15-19(27)8-13-25(22)32-26(29(24)28-23)18-6-9-20(30-2)10-7-18/h3-13,15-16,24,26,28H,1,14H2,2H3. The Kier molecular flexibility index (Phi) is 5.64. The third-order valence-electron chi connectivity index (χ3n) is 5.59. The highest BCUT2D eigenvalue weighted by molar-refractivity contribution is 9.10. The van der Waals surface area contributed by atoms with Gasteiger partial charge in [-0.2, -0.15) is 5.01 Å². The van der Waals surface area contributed by atoms with Gasteiger partial charge in [0.1, 0.15) is 23.9 Å². The third kappa shape index (κ3) is 3.87. The Hall–Kier alpha value is -3.22. The average molecular weight is 491 g/mol. The number of benzene rings is 3. The monoisotopic (exact) mass is 490 g/mol. The summed E-state index contributed by atoms with van der Waals surface area (Å²) in [6.45, 7) is 4.18. The fourth-order valence-electron chi connectivity index (χ4n) is 4.01. The van der Waals surface area contributed by atoms with Crippen molar-refractivity contribution in [2.45, 2.75) is 12.3 Å². The molecule has 0 bridgehead atoms. The number of rotatable bonds is 6. The van der Waals surface area contributed by atoms with Gasteiger partial charge >= 0.3 is 0 Å². The van der Waals surface area contributed by atoms with E-state index < -0.39 is 0 Å². The molecule has 0 saturated heterocycles. The Morgan fingerprint density at radius 2 is 1.81 bits per heavy atom. The van der Waals surface area contributed by atoms with Crippen molar-refractivity contribution in [1.82, 2.24) is 10.4 Å². The van der Waals surface area contributed by atoms with E-state index >= 15 is 0 Å². The lowest BCUT2D eigenvalue weighted by molar-refractivity contribution is -0.0327. The van der Waals surface area contributed by atoms with E-state index in [2.05, 4.69) is 57.2 Å². The van der Waals surface area contributed by atoms with Gasteiger partial charge in [-0.1, -0.05) is 40.7 Å². The smallest absolute Gasteiger partial charge is 0.195 e. The van der Waals surface area contributed by atoms with Crippen molar-refractivity contribution in [2.75, 3.05) is 13.7 Å². The molecule has 2 atom stereocenters. The van der Waals surface area contributed by atoms with Crippen molar-refractivity contribution in [1.29, 1.82) is 0 Å². The van der Waals surface area contributed by atoms with Crippen LogP contribution in [0, 0.1) is 0 Å². The molecule has 5 rings (SSSR count). The van der Waals surface area contributed by atoms with Crippen molar-refractivity contribution >= 4 is 21.6 Å². The zero-order valence-corrected chi connectivity index (χ0v) is 19.2. The van der Waals surface area contributed by atoms with E-state index in [0.29, 0.717) is 6.61 Å². The highest BCUT2D eigenvalue weighted by atomic mass is 79.9. The van der Waals surface area contributed by atoms with Crippen LogP contribution in [0.4, 0.5) is 0 Å². The van der Waals surface area contributed by atoms with Gasteiger partial charge in [0.15, 0.2) is 6.23 Å². The second kappa shape index (κ2) is 8.73. The van der Waals surface area contributed by atoms with Crippen LogP contribution >= 0.6 is 15.9 Å². The number of halogens is 1. The summed E-state index contributed by atoms with van der Waals surface area (Å²) in [4.78, 5) is 0. The maximum absolute atomic E-state index is 6.45. The first kappa shape index (κ1) is 20.7. The van der Waals surface area contributed by atoms with Gasteiger partial charge in [0.05, 0.1) is 18.8 Å². The lowest BCUT2D eigenvalue weighted by Gasteiger charge is -2.39. The van der Waals surface area contributed by atoms with Crippen LogP contribution in [-0.2, 0) is 0 Å². The van der Waals surface area contributed by atoms with Crippen LogP contribution in [0.2, 0.25) is 0 Å². The van der Waals surface area contributed by atoms with Crippen molar-refractivity contribution in [3.05, 3.63) is 107 Å². The molecule has 3 aromatic carbocycles. The minimum absolute atomic E-state index is 0.0232. The molecule has 2 unspecified atom stereocenters. The number of methoxy groups -OCH3 is 1. The van der Waals surface area contributed by atoms with Crippen LogP contribution in [0.15, 0.2) is 89.9 Å². The van der Waals surface area contributed by atoms with Crippen LogP contribution in [0.1, 0.15) is 29.0 Å². The van der Waals surface area contributed by atoms with E-state index in [1.165, 1.54) is 0 Å². The molecule has 2 heterocycles. The minimum atomic E-state index is -0.288. The highest BCUT2D eigenvalue weighted by Gasteiger charge is 2.40. The summed E-state index contributed by atoms with van der Waals surface area (Å²) in [7, 11) is 1.67. The zero-order valence-electron chi connectivity index (χ0n) is 17.6. The van der Waals surface area contributed by atoms with Crippen molar-refractivity contribution in [2.24, 2.45) is 0 Å². The molecular formula is C26H23BrN2O3. The Morgan fingerprint density at radius 3 is 2.53 bits per heavy atom. The summed E-state index contributed by atoms with van der Waals surface area (Å²) in [6.07, 6.45) is 3.69. The van der Waals surface area contributed by atoms with Gasteiger partial charge < -0.3 is 19.6 Å². The summed E-state index contributed by atoms with van der Waals surface area (Å²) >= 11 is 3.60. The number of nitrogens with one attached hydrogen (secondary N) is 1. The largest absolute Gasteiger partial charge is 0.497 e. The van der Waals surface area contributed by atoms with Crippen LogP contribution in [0.25, 0.3) is 5.70 Å². The predicted octanol–water partition coefficient (Wildman–Crippen LogP) is 6.02. The van der Waals surface area contributed by atoms with E-state index in [-0.39, 0.29) is 12.3 Å². The molecular weight excluding hydrogens is 468 g/mol. The minimum Gasteiger partial charge on any atom is -0.497 e. The van der Waals surface area contributed by atoms with E-state index in [1.807, 2.05) is 48.5 Å². The predicted molar refractivity (Wildman–Crippen MR) is 128 cm³/mol. The Bertz CT molecular complexity index is 1160. The number of hydrogen-bond acceptors (Lipinski definition) is 5. The first-order chi connectivity index (χ1) is 15.7. The molecule has 32 heavy (non-hydrogen) atoms. The number of hydrazine groups is 1. The van der Waals surface area contributed by atoms with Gasteiger partial charge in [0, 0.05) is 15.6 Å². The molecule has 0 aliphatic carbocycles. The molecule has 3 aromatic rings. The van der Waals surface area contributed by atoms with Crippen molar-refractivity contribution in [3.63, 3.8) is 0 Å². The Balaban J connectivity index is 1.49. The molecule has 6 heteroatoms. The molecule has 2 aliphatic heterocycles. The lowest BCUT2D eigenvalue weighted by atomic mass is 10.0. The van der Waals surface area contributed by atoms with Crippen LogP contribution in [-0.4, -0.2) is 18.7 Å². The topological polar surface area (TPSA) is 43.0 Å². The van der Waals surface area contributed by atoms with Gasteiger partial charge in [0.2, 0.25) is 0 Å². The highest BCUT2D eigenvalue weighted by Crippen LogP contribution is 2.46. The summed E-state index contributed by atoms with van der Waals surface area (Å²) < 4.78 is 18.4. The fourth-order valence-corrected chi connectivity index (χ4v) is 4.39. The zero-order chi connectivity index (χ0) is 22.1. The van der Waals surface area contributed by atoms with Crippen LogP contribution in [0.5, 0.6) is 17.2 Å². The molecule has 0 spiro atoms. The van der Waals surface area contributed by atoms with E-state index in [9.17, 15) is 0 Å². The quantitative estimate of drug-likeness (QED) is 0.428. The maximum atomic E-state index is 6.45. The van der Waals surface area contributed by atoms with Gasteiger partial charge in [-0.05, 0) is 66.2 Å². The molecule has 162 valence electrons. The maximum Gasteiger partial charge on any atom is 0.195 e. The number of ether oxygens (including phenoxy) is 3. The lowest BCUT2D eigenvalue weighted by Crippen LogP contribution is -2.43. The second-order valence-corrected chi connectivity index (χ2v) is 8.51. The molecule has 1 N–H and O–H groups in total. The van der Waals surface area contributed by atoms with E-state index in [0.717, 1.165) is 44.1 Å². The first-order valence-electron chi connectivity index (χ1n) is 10.4. The third-order valence-corrected chi connectivity index (χ3v) is 6.08. The van der Waals surface area contributed by atoms with Crippen molar-refractivity contribution in [3.8, 4) is 17.2 Å². The van der Waals surface area contributed by atoms with Gasteiger partial charge in [-0.15, -0.1) is 0 Å². The molecule has 0 saturated carbocycles. The molecule has 5 nitrogen and oxygen atoms in total. The molecule has 0 aromatic heterocycles. The number of nitrogens with zero attached hydrogens (tertiary/aromatic N) is 1. The van der Waals surface area contributed by atoms with E-state index in [4.69, 9.17) is 14.2 Å². The van der Waals surface area contributed by atoms with Gasteiger partial charge in [-0.3, -0.25) is 0 Å². The number of hydrogen-bond donors (Lipinski definition) is 1. The molecule has 0 fully saturated rings. The first-order valence-corrected chi connectivity index (χ1v) is 11.2. The molecule has 2 aliphatic rings. The van der Waals surface area contributed by atoms with Gasteiger partial charge in [0.25, 0.3) is 0 Å². The van der Waals surface area contributed by atoms with E-state index in [1.54, 1.807) is 13.2 Å². The van der Waals surface area contributed by atoms with Gasteiger partial charge in [-0.25, -0.2) is 0 Å². The Labute approximate surface area is 196 Å². The normalized spacial score (nSPS) is 19.1.